The summed E-state index contributed by atoms with van der Waals surface area (Å²) in [6, 6.07) is 0. The zero-order valence-corrected chi connectivity index (χ0v) is 6.22. The van der Waals surface area contributed by atoms with Crippen LogP contribution in [0.4, 0.5) is 5.82 Å². The lowest BCUT2D eigenvalue weighted by Crippen LogP contribution is -2.14. The predicted octanol–water partition coefficient (Wildman–Crippen LogP) is -0.0596. The van der Waals surface area contributed by atoms with Gasteiger partial charge in [-0.25, -0.2) is 4.98 Å². The van der Waals surface area contributed by atoms with Crippen molar-refractivity contribution in [3.8, 4) is 0 Å². The second-order valence-corrected chi connectivity index (χ2v) is 2.02. The fourth-order valence-corrected chi connectivity index (χ4v) is 0.784. The summed E-state index contributed by atoms with van der Waals surface area (Å²) in [6.07, 6.45) is 1.43. The van der Waals surface area contributed by atoms with Crippen LogP contribution in [0, 0.1) is 0 Å². The van der Waals surface area contributed by atoms with E-state index in [4.69, 9.17) is 5.73 Å². The first-order valence-electron chi connectivity index (χ1n) is 3.32. The summed E-state index contributed by atoms with van der Waals surface area (Å²) in [4.78, 5) is 17.2. The Morgan fingerprint density at radius 1 is 1.91 bits per heavy atom. The zero-order valence-electron chi connectivity index (χ0n) is 6.22. The molecule has 0 radical (unpaired) electrons. The molecule has 11 heavy (non-hydrogen) atoms. The average molecular weight is 154 g/mol. The Kier molecular flexibility index (Phi) is 2.10. The second kappa shape index (κ2) is 3.05. The summed E-state index contributed by atoms with van der Waals surface area (Å²) < 4.78 is 0. The van der Waals surface area contributed by atoms with Crippen molar-refractivity contribution in [2.75, 3.05) is 11.9 Å². The minimum Gasteiger partial charge on any atom is -0.368 e. The van der Waals surface area contributed by atoms with E-state index in [1.165, 1.54) is 6.33 Å². The third-order valence-corrected chi connectivity index (χ3v) is 1.23. The molecule has 1 aromatic rings. The zero-order chi connectivity index (χ0) is 8.27. The Balaban J connectivity index is 2.87. The van der Waals surface area contributed by atoms with Crippen molar-refractivity contribution < 1.29 is 4.79 Å². The third kappa shape index (κ3) is 1.49. The molecule has 0 aromatic carbocycles. The Labute approximate surface area is 64.0 Å². The summed E-state index contributed by atoms with van der Waals surface area (Å²) in [7, 11) is 0. The Morgan fingerprint density at radius 3 is 3.18 bits per heavy atom. The number of hydrogen-bond donors (Lipinski definition) is 3. The lowest BCUT2D eigenvalue weighted by atomic mass is 10.4. The molecule has 1 heterocycles. The maximum Gasteiger partial charge on any atom is 0.269 e. The summed E-state index contributed by atoms with van der Waals surface area (Å²) in [5, 5.41) is 2.89. The van der Waals surface area contributed by atoms with Crippen LogP contribution in [0.15, 0.2) is 6.33 Å². The number of imidazole rings is 1. The maximum absolute atomic E-state index is 10.7. The molecule has 60 valence electrons. The largest absolute Gasteiger partial charge is 0.368 e. The molecule has 1 rings (SSSR count). The first-order valence-corrected chi connectivity index (χ1v) is 3.32. The van der Waals surface area contributed by atoms with Gasteiger partial charge >= 0.3 is 0 Å². The second-order valence-electron chi connectivity index (χ2n) is 2.02. The molecular weight excluding hydrogens is 144 g/mol. The molecule has 0 saturated heterocycles. The van der Waals surface area contributed by atoms with E-state index in [1.54, 1.807) is 0 Å². The number of anilines is 1. The monoisotopic (exact) mass is 154 g/mol. The summed E-state index contributed by atoms with van der Waals surface area (Å²) in [5.74, 6) is 0.0125. The molecule has 0 saturated carbocycles. The van der Waals surface area contributed by atoms with Gasteiger partial charge < -0.3 is 16.0 Å². The van der Waals surface area contributed by atoms with Crippen LogP contribution in [-0.4, -0.2) is 22.4 Å². The van der Waals surface area contributed by atoms with Gasteiger partial charge in [-0.1, -0.05) is 0 Å². The third-order valence-electron chi connectivity index (χ3n) is 1.23. The van der Waals surface area contributed by atoms with Crippen molar-refractivity contribution >= 4 is 11.7 Å². The number of carbonyl (C=O) groups excluding carboxylic acids is 1. The number of hydrogen-bond acceptors (Lipinski definition) is 3. The Hall–Kier alpha value is -1.52. The number of H-pyrrole nitrogens is 1. The number of nitrogens with zero attached hydrogens (tertiary/aromatic N) is 1. The Morgan fingerprint density at radius 2 is 2.64 bits per heavy atom. The smallest absolute Gasteiger partial charge is 0.269 e. The van der Waals surface area contributed by atoms with Gasteiger partial charge in [-0.2, -0.15) is 0 Å². The molecule has 5 nitrogen and oxygen atoms in total. The first-order chi connectivity index (χ1) is 5.25. The van der Waals surface area contributed by atoms with Gasteiger partial charge in [0.2, 0.25) is 0 Å². The van der Waals surface area contributed by atoms with Gasteiger partial charge in [0.05, 0.1) is 6.33 Å². The fraction of sp³-hybridized carbons (Fsp3) is 0.333. The molecular formula is C6H10N4O. The van der Waals surface area contributed by atoms with Crippen LogP contribution in [-0.2, 0) is 0 Å². The first kappa shape index (κ1) is 7.59. The Bertz CT molecular complexity index is 255. The van der Waals surface area contributed by atoms with E-state index in [0.717, 1.165) is 0 Å². The minimum atomic E-state index is -0.501. The van der Waals surface area contributed by atoms with E-state index >= 15 is 0 Å². The van der Waals surface area contributed by atoms with Crippen molar-refractivity contribution in [3.05, 3.63) is 12.0 Å². The number of primary amides is 1. The number of aromatic amines is 1. The highest BCUT2D eigenvalue weighted by atomic mass is 16.1. The van der Waals surface area contributed by atoms with Gasteiger partial charge in [-0.15, -0.1) is 0 Å². The van der Waals surface area contributed by atoms with E-state index in [1.807, 2.05) is 6.92 Å². The van der Waals surface area contributed by atoms with Crippen LogP contribution in [0.25, 0.3) is 0 Å². The molecule has 1 aromatic heterocycles. The summed E-state index contributed by atoms with van der Waals surface area (Å²) in [5.41, 5.74) is 5.36. The predicted molar refractivity (Wildman–Crippen MR) is 41.3 cm³/mol. The van der Waals surface area contributed by atoms with Gasteiger partial charge in [0.1, 0.15) is 5.69 Å². The van der Waals surface area contributed by atoms with E-state index < -0.39 is 5.91 Å². The van der Waals surface area contributed by atoms with E-state index in [0.29, 0.717) is 18.1 Å². The van der Waals surface area contributed by atoms with Crippen molar-refractivity contribution in [2.24, 2.45) is 5.73 Å². The molecule has 0 unspecified atom stereocenters. The quantitative estimate of drug-likeness (QED) is 0.570. The highest BCUT2D eigenvalue weighted by Gasteiger charge is 2.08. The number of nitrogens with two attached hydrogens (primary N) is 1. The van der Waals surface area contributed by atoms with Crippen LogP contribution in [0.3, 0.4) is 0 Å². The molecule has 1 amide bonds. The number of nitrogens with one attached hydrogen (secondary N) is 2. The number of carbonyl (C=O) groups is 1. The molecule has 0 fully saturated rings. The molecule has 0 bridgehead atoms. The highest BCUT2D eigenvalue weighted by Crippen LogP contribution is 2.06. The van der Waals surface area contributed by atoms with Gasteiger partial charge in [-0.05, 0) is 6.92 Å². The topological polar surface area (TPSA) is 83.8 Å². The van der Waals surface area contributed by atoms with Crippen LogP contribution >= 0.6 is 0 Å². The van der Waals surface area contributed by atoms with Crippen LogP contribution in [0.5, 0.6) is 0 Å². The number of amides is 1. The van der Waals surface area contributed by atoms with Gasteiger partial charge in [0.25, 0.3) is 5.91 Å². The van der Waals surface area contributed by atoms with E-state index in [2.05, 4.69) is 15.3 Å². The van der Waals surface area contributed by atoms with Crippen molar-refractivity contribution in [2.45, 2.75) is 6.92 Å². The van der Waals surface area contributed by atoms with Crippen LogP contribution in [0.2, 0.25) is 0 Å². The van der Waals surface area contributed by atoms with E-state index in [-0.39, 0.29) is 0 Å². The SMILES string of the molecule is CCNc1nc[nH]c1C(N)=O. The van der Waals surface area contributed by atoms with Crippen molar-refractivity contribution in [1.29, 1.82) is 0 Å². The van der Waals surface area contributed by atoms with Gasteiger partial charge in [-0.3, -0.25) is 4.79 Å². The van der Waals surface area contributed by atoms with Crippen LogP contribution in [0.1, 0.15) is 17.4 Å². The lowest BCUT2D eigenvalue weighted by Gasteiger charge is -1.98. The van der Waals surface area contributed by atoms with Crippen molar-refractivity contribution in [3.63, 3.8) is 0 Å². The molecule has 0 aliphatic carbocycles. The molecule has 0 aliphatic rings. The van der Waals surface area contributed by atoms with Gasteiger partial charge in [0.15, 0.2) is 5.82 Å². The van der Waals surface area contributed by atoms with E-state index in [9.17, 15) is 4.79 Å². The van der Waals surface area contributed by atoms with Crippen LogP contribution < -0.4 is 11.1 Å². The molecule has 5 heteroatoms. The molecule has 0 aliphatic heterocycles. The van der Waals surface area contributed by atoms with Crippen molar-refractivity contribution in [1.82, 2.24) is 9.97 Å². The fourth-order valence-electron chi connectivity index (χ4n) is 0.784. The maximum atomic E-state index is 10.7. The average Bonchev–Trinajstić information content (AvgIpc) is 2.36. The van der Waals surface area contributed by atoms with Gasteiger partial charge in [0, 0.05) is 6.54 Å². The summed E-state index contributed by atoms with van der Waals surface area (Å²) in [6.45, 7) is 2.63. The number of aromatic nitrogens is 2. The molecule has 0 spiro atoms. The standard InChI is InChI=1S/C6H10N4O/c1-2-8-6-4(5(7)11)9-3-10-6/h3,8H,2H2,1H3,(H2,7,11)(H,9,10). The molecule has 4 N–H and O–H groups in total. The molecule has 0 atom stereocenters. The lowest BCUT2D eigenvalue weighted by molar-refractivity contribution is 0.0997. The summed E-state index contributed by atoms with van der Waals surface area (Å²) >= 11 is 0. The normalized spacial score (nSPS) is 9.55. The highest BCUT2D eigenvalue weighted by molar-refractivity contribution is 5.95. The minimum absolute atomic E-state index is 0.326. The number of rotatable bonds is 3.